The number of carboxylic acid groups (broad SMARTS) is 1. The summed E-state index contributed by atoms with van der Waals surface area (Å²) in [6, 6.07) is 14.4. The summed E-state index contributed by atoms with van der Waals surface area (Å²) < 4.78 is 0. The van der Waals surface area contributed by atoms with Crippen LogP contribution in [-0.2, 0) is 17.8 Å². The number of hydrogen-bond donors (Lipinski definition) is 2. The standard InChI is InChI=1S/C18H18N2O3/c1-20-11-14-10-13(18(22)23)7-8-15(14)19-16(17(20)21)9-12-5-3-2-4-6-12/h2-8,10,16,19H,9,11H2,1H3,(H,22,23)/t16-/m1/s1. The molecule has 0 fully saturated rings. The fourth-order valence-corrected chi connectivity index (χ4v) is 2.84. The van der Waals surface area contributed by atoms with Gasteiger partial charge < -0.3 is 15.3 Å². The van der Waals surface area contributed by atoms with E-state index < -0.39 is 5.97 Å². The Morgan fingerprint density at radius 2 is 2.00 bits per heavy atom. The Morgan fingerprint density at radius 3 is 2.70 bits per heavy atom. The lowest BCUT2D eigenvalue weighted by atomic mass is 10.0. The van der Waals surface area contributed by atoms with Gasteiger partial charge in [-0.1, -0.05) is 30.3 Å². The molecule has 0 radical (unpaired) electrons. The zero-order chi connectivity index (χ0) is 16.4. The summed E-state index contributed by atoms with van der Waals surface area (Å²) in [4.78, 5) is 25.3. The summed E-state index contributed by atoms with van der Waals surface area (Å²) in [7, 11) is 1.74. The first-order valence-electron chi connectivity index (χ1n) is 7.46. The molecule has 0 saturated heterocycles. The van der Waals surface area contributed by atoms with E-state index in [4.69, 9.17) is 5.11 Å². The van der Waals surface area contributed by atoms with Gasteiger partial charge in [0.25, 0.3) is 0 Å². The molecule has 0 aromatic heterocycles. The van der Waals surface area contributed by atoms with Crippen LogP contribution in [0.2, 0.25) is 0 Å². The number of hydrogen-bond acceptors (Lipinski definition) is 3. The number of carboxylic acids is 1. The third kappa shape index (κ3) is 3.18. The van der Waals surface area contributed by atoms with E-state index in [0.717, 1.165) is 16.8 Å². The molecule has 0 aliphatic carbocycles. The van der Waals surface area contributed by atoms with Crippen molar-refractivity contribution >= 4 is 17.6 Å². The van der Waals surface area contributed by atoms with Crippen molar-refractivity contribution in [3.8, 4) is 0 Å². The molecule has 23 heavy (non-hydrogen) atoms. The predicted octanol–water partition coefficient (Wildman–Crippen LogP) is 2.38. The minimum Gasteiger partial charge on any atom is -0.478 e. The average molecular weight is 310 g/mol. The molecule has 0 bridgehead atoms. The Hall–Kier alpha value is -2.82. The van der Waals surface area contributed by atoms with Gasteiger partial charge in [-0.15, -0.1) is 0 Å². The molecular formula is C18H18N2O3. The first kappa shape index (κ1) is 15.1. The van der Waals surface area contributed by atoms with Crippen molar-refractivity contribution in [2.45, 2.75) is 19.0 Å². The number of likely N-dealkylation sites (N-methyl/N-ethyl adjacent to an activating group) is 1. The second-order valence-electron chi connectivity index (χ2n) is 5.76. The van der Waals surface area contributed by atoms with Gasteiger partial charge in [-0.2, -0.15) is 0 Å². The highest BCUT2D eigenvalue weighted by Gasteiger charge is 2.27. The highest BCUT2D eigenvalue weighted by Crippen LogP contribution is 2.25. The van der Waals surface area contributed by atoms with Crippen LogP contribution in [0.1, 0.15) is 21.5 Å². The van der Waals surface area contributed by atoms with Crippen LogP contribution >= 0.6 is 0 Å². The van der Waals surface area contributed by atoms with Crippen LogP contribution in [0.5, 0.6) is 0 Å². The van der Waals surface area contributed by atoms with Crippen LogP contribution in [0.3, 0.4) is 0 Å². The van der Waals surface area contributed by atoms with Gasteiger partial charge in [-0.05, 0) is 29.3 Å². The lowest BCUT2D eigenvalue weighted by Gasteiger charge is -2.20. The normalized spacial score (nSPS) is 17.2. The summed E-state index contributed by atoms with van der Waals surface area (Å²) in [6.07, 6.45) is 0.587. The Bertz CT molecular complexity index is 743. The smallest absolute Gasteiger partial charge is 0.335 e. The maximum atomic E-state index is 12.6. The Kier molecular flexibility index (Phi) is 4.02. The molecule has 3 rings (SSSR count). The van der Waals surface area contributed by atoms with Crippen LogP contribution in [0, 0.1) is 0 Å². The molecule has 2 aromatic carbocycles. The number of rotatable bonds is 3. The number of benzene rings is 2. The summed E-state index contributed by atoms with van der Waals surface area (Å²) in [5.74, 6) is -0.964. The van der Waals surface area contributed by atoms with E-state index >= 15 is 0 Å². The van der Waals surface area contributed by atoms with Crippen LogP contribution < -0.4 is 5.32 Å². The third-order valence-corrected chi connectivity index (χ3v) is 4.05. The number of anilines is 1. The average Bonchev–Trinajstić information content (AvgIpc) is 2.66. The number of nitrogens with one attached hydrogen (secondary N) is 1. The van der Waals surface area contributed by atoms with Crippen molar-refractivity contribution in [2.24, 2.45) is 0 Å². The number of nitrogens with zero attached hydrogens (tertiary/aromatic N) is 1. The Balaban J connectivity index is 1.91. The van der Waals surface area contributed by atoms with Gasteiger partial charge in [0, 0.05) is 25.7 Å². The molecule has 118 valence electrons. The van der Waals surface area contributed by atoms with Gasteiger partial charge in [0.1, 0.15) is 6.04 Å². The molecule has 2 N–H and O–H groups in total. The van der Waals surface area contributed by atoms with E-state index in [1.165, 1.54) is 0 Å². The molecule has 1 atom stereocenters. The van der Waals surface area contributed by atoms with Gasteiger partial charge >= 0.3 is 5.97 Å². The third-order valence-electron chi connectivity index (χ3n) is 4.05. The second kappa shape index (κ2) is 6.12. The summed E-state index contributed by atoms with van der Waals surface area (Å²) in [5.41, 5.74) is 2.94. The number of amides is 1. The topological polar surface area (TPSA) is 69.6 Å². The quantitative estimate of drug-likeness (QED) is 0.913. The van der Waals surface area contributed by atoms with Crippen molar-refractivity contribution in [2.75, 3.05) is 12.4 Å². The molecule has 0 spiro atoms. The SMILES string of the molecule is CN1Cc2cc(C(=O)O)ccc2N[C@H](Cc2ccccc2)C1=O. The Labute approximate surface area is 134 Å². The van der Waals surface area contributed by atoms with Crippen molar-refractivity contribution in [3.63, 3.8) is 0 Å². The zero-order valence-electron chi connectivity index (χ0n) is 12.8. The van der Waals surface area contributed by atoms with Gasteiger partial charge in [0.15, 0.2) is 0 Å². The molecule has 1 aliphatic heterocycles. The molecule has 5 heteroatoms. The number of carbonyl (C=O) groups is 2. The zero-order valence-corrected chi connectivity index (χ0v) is 12.8. The Morgan fingerprint density at radius 1 is 1.26 bits per heavy atom. The van der Waals surface area contributed by atoms with Gasteiger partial charge in [-0.3, -0.25) is 4.79 Å². The number of fused-ring (bicyclic) bond motifs is 1. The van der Waals surface area contributed by atoms with E-state index in [1.807, 2.05) is 30.3 Å². The maximum Gasteiger partial charge on any atom is 0.335 e. The molecule has 0 saturated carbocycles. The molecular weight excluding hydrogens is 292 g/mol. The number of carbonyl (C=O) groups excluding carboxylic acids is 1. The molecule has 1 amide bonds. The maximum absolute atomic E-state index is 12.6. The lowest BCUT2D eigenvalue weighted by Crippen LogP contribution is -2.39. The van der Waals surface area contributed by atoms with Crippen molar-refractivity contribution in [1.29, 1.82) is 0 Å². The molecule has 2 aromatic rings. The fraction of sp³-hybridized carbons (Fsp3) is 0.222. The summed E-state index contributed by atoms with van der Waals surface area (Å²) in [6.45, 7) is 0.396. The molecule has 5 nitrogen and oxygen atoms in total. The highest BCUT2D eigenvalue weighted by molar-refractivity contribution is 5.90. The van der Waals surface area contributed by atoms with E-state index in [2.05, 4.69) is 5.32 Å². The molecule has 1 aliphatic rings. The van der Waals surface area contributed by atoms with Gasteiger partial charge in [0.2, 0.25) is 5.91 Å². The van der Waals surface area contributed by atoms with E-state index in [1.54, 1.807) is 30.1 Å². The van der Waals surface area contributed by atoms with Crippen LogP contribution in [0.4, 0.5) is 5.69 Å². The van der Waals surface area contributed by atoms with Crippen molar-refractivity contribution in [1.82, 2.24) is 4.90 Å². The lowest BCUT2D eigenvalue weighted by molar-refractivity contribution is -0.131. The van der Waals surface area contributed by atoms with E-state index in [-0.39, 0.29) is 17.5 Å². The van der Waals surface area contributed by atoms with E-state index in [0.29, 0.717) is 13.0 Å². The summed E-state index contributed by atoms with van der Waals surface area (Å²) >= 11 is 0. The first-order chi connectivity index (χ1) is 11.0. The minimum absolute atomic E-state index is 0.00179. The molecule has 1 heterocycles. The fourth-order valence-electron chi connectivity index (χ4n) is 2.84. The van der Waals surface area contributed by atoms with Crippen molar-refractivity contribution in [3.05, 3.63) is 65.2 Å². The second-order valence-corrected chi connectivity index (χ2v) is 5.76. The van der Waals surface area contributed by atoms with Crippen molar-refractivity contribution < 1.29 is 14.7 Å². The van der Waals surface area contributed by atoms with Crippen LogP contribution in [-0.4, -0.2) is 35.0 Å². The van der Waals surface area contributed by atoms with Crippen LogP contribution in [0.25, 0.3) is 0 Å². The monoisotopic (exact) mass is 310 g/mol. The minimum atomic E-state index is -0.966. The highest BCUT2D eigenvalue weighted by atomic mass is 16.4. The van der Waals surface area contributed by atoms with Gasteiger partial charge in [0.05, 0.1) is 5.56 Å². The largest absolute Gasteiger partial charge is 0.478 e. The van der Waals surface area contributed by atoms with Gasteiger partial charge in [-0.25, -0.2) is 4.79 Å². The van der Waals surface area contributed by atoms with E-state index in [9.17, 15) is 9.59 Å². The predicted molar refractivity (Wildman–Crippen MR) is 87.4 cm³/mol. The summed E-state index contributed by atoms with van der Waals surface area (Å²) in [5, 5.41) is 12.4. The number of aromatic carboxylic acids is 1. The first-order valence-corrected chi connectivity index (χ1v) is 7.46. The molecule has 0 unspecified atom stereocenters. The van der Waals surface area contributed by atoms with Crippen LogP contribution in [0.15, 0.2) is 48.5 Å².